The van der Waals surface area contributed by atoms with Crippen molar-refractivity contribution in [2.45, 2.75) is 32.8 Å². The second-order valence-electron chi connectivity index (χ2n) is 4.94. The molecular formula is C13H15INO3-. The number of fused-ring (bicyclic) bond motifs is 1. The molecule has 1 aliphatic rings. The molecule has 1 aliphatic heterocycles. The fraction of sp³-hybridized carbons (Fsp3) is 0.462. The molecule has 2 rings (SSSR count). The van der Waals surface area contributed by atoms with Crippen molar-refractivity contribution in [3.63, 3.8) is 0 Å². The quantitative estimate of drug-likeness (QED) is 0.650. The molecule has 1 aromatic carbocycles. The van der Waals surface area contributed by atoms with Crippen LogP contribution in [0, 0.1) is 13.8 Å². The summed E-state index contributed by atoms with van der Waals surface area (Å²) in [5, 5.41) is 13.0. The fourth-order valence-electron chi connectivity index (χ4n) is 2.23. The summed E-state index contributed by atoms with van der Waals surface area (Å²) in [7, 11) is 0. The largest absolute Gasteiger partial charge is 0.530 e. The number of nitrogens with one attached hydrogen (secondary N) is 1. The van der Waals surface area contributed by atoms with E-state index in [0.717, 1.165) is 33.3 Å². The lowest BCUT2D eigenvalue weighted by Crippen LogP contribution is -2.31. The molecule has 5 heteroatoms. The molecule has 1 unspecified atom stereocenters. The summed E-state index contributed by atoms with van der Waals surface area (Å²) < 4.78 is 6.91. The van der Waals surface area contributed by atoms with Crippen molar-refractivity contribution in [1.82, 2.24) is 0 Å². The highest BCUT2D eigenvalue weighted by Gasteiger charge is 2.35. The number of halogens is 1. The molecule has 1 N–H and O–H groups in total. The van der Waals surface area contributed by atoms with Gasteiger partial charge < -0.3 is 20.0 Å². The molecule has 98 valence electrons. The lowest BCUT2D eigenvalue weighted by atomic mass is 9.97. The van der Waals surface area contributed by atoms with Gasteiger partial charge in [-0.25, -0.2) is 0 Å². The standard InChI is InChI=1S/C13H16INO3/c1-7-8(2)11-9(4-10(7)15-12(16)17)5-13(3,6-14)18-11/h4,15H,5-6H2,1-3H3,(H,16,17)/p-1. The van der Waals surface area contributed by atoms with Crippen LogP contribution in [0.25, 0.3) is 0 Å². The van der Waals surface area contributed by atoms with Crippen molar-refractivity contribution in [1.29, 1.82) is 0 Å². The van der Waals surface area contributed by atoms with Gasteiger partial charge in [-0.15, -0.1) is 0 Å². The zero-order valence-corrected chi connectivity index (χ0v) is 12.8. The van der Waals surface area contributed by atoms with Gasteiger partial charge in [-0.2, -0.15) is 0 Å². The Bertz CT molecular complexity index is 515. The summed E-state index contributed by atoms with van der Waals surface area (Å²) in [5.74, 6) is 0.899. The first-order valence-electron chi connectivity index (χ1n) is 5.72. The number of anilines is 1. The highest BCUT2D eigenvalue weighted by atomic mass is 127. The number of carbonyl (C=O) groups excluding carboxylic acids is 1. The van der Waals surface area contributed by atoms with Gasteiger partial charge in [-0.05, 0) is 38.0 Å². The second kappa shape index (κ2) is 4.60. The molecule has 0 aliphatic carbocycles. The van der Waals surface area contributed by atoms with Gasteiger partial charge in [0.15, 0.2) is 0 Å². The Kier molecular flexibility index (Phi) is 3.44. The van der Waals surface area contributed by atoms with Crippen LogP contribution in [0.3, 0.4) is 0 Å². The molecule has 18 heavy (non-hydrogen) atoms. The summed E-state index contributed by atoms with van der Waals surface area (Å²) in [4.78, 5) is 10.7. The van der Waals surface area contributed by atoms with Crippen molar-refractivity contribution in [3.8, 4) is 5.75 Å². The third-order valence-electron chi connectivity index (χ3n) is 3.35. The van der Waals surface area contributed by atoms with Gasteiger partial charge in [-0.1, -0.05) is 22.6 Å². The monoisotopic (exact) mass is 360 g/mol. The first kappa shape index (κ1) is 13.5. The van der Waals surface area contributed by atoms with E-state index in [9.17, 15) is 9.90 Å². The Labute approximate surface area is 120 Å². The van der Waals surface area contributed by atoms with E-state index in [4.69, 9.17) is 4.74 Å². The number of rotatable bonds is 2. The minimum Gasteiger partial charge on any atom is -0.530 e. The molecule has 1 aromatic rings. The first-order valence-corrected chi connectivity index (χ1v) is 7.25. The average molecular weight is 360 g/mol. The third-order valence-corrected chi connectivity index (χ3v) is 4.96. The Morgan fingerprint density at radius 3 is 2.78 bits per heavy atom. The molecule has 0 radical (unpaired) electrons. The van der Waals surface area contributed by atoms with E-state index in [1.165, 1.54) is 0 Å². The van der Waals surface area contributed by atoms with Gasteiger partial charge in [0.05, 0.1) is 0 Å². The zero-order valence-electron chi connectivity index (χ0n) is 10.6. The summed E-state index contributed by atoms with van der Waals surface area (Å²) in [5.41, 5.74) is 3.33. The summed E-state index contributed by atoms with van der Waals surface area (Å²) >= 11 is 2.31. The summed E-state index contributed by atoms with van der Waals surface area (Å²) in [6.45, 7) is 5.90. The Morgan fingerprint density at radius 1 is 1.56 bits per heavy atom. The fourth-order valence-corrected chi connectivity index (χ4v) is 2.66. The van der Waals surface area contributed by atoms with Crippen molar-refractivity contribution >= 4 is 34.4 Å². The van der Waals surface area contributed by atoms with E-state index in [1.54, 1.807) is 0 Å². The zero-order chi connectivity index (χ0) is 13.5. The third kappa shape index (κ3) is 2.28. The number of carbonyl (C=O) groups is 1. The van der Waals surface area contributed by atoms with Crippen molar-refractivity contribution in [3.05, 3.63) is 22.8 Å². The van der Waals surface area contributed by atoms with Crippen molar-refractivity contribution in [2.24, 2.45) is 0 Å². The molecule has 0 saturated heterocycles. The average Bonchev–Trinajstić information content (AvgIpc) is 2.63. The SMILES string of the molecule is Cc1c(NC(=O)[O-])cc2c(c1C)OC(C)(CI)C2. The predicted molar refractivity (Wildman–Crippen MR) is 76.6 cm³/mol. The molecule has 1 amide bonds. The van der Waals surface area contributed by atoms with Crippen LogP contribution in [-0.2, 0) is 6.42 Å². The molecule has 1 heterocycles. The topological polar surface area (TPSA) is 61.4 Å². The summed E-state index contributed by atoms with van der Waals surface area (Å²) in [6.07, 6.45) is -0.485. The number of carboxylic acid groups (broad SMARTS) is 1. The molecule has 0 fully saturated rings. The molecule has 1 atom stereocenters. The maximum Gasteiger partial charge on any atom is 0.138 e. The van der Waals surface area contributed by atoms with Crippen LogP contribution < -0.4 is 15.2 Å². The van der Waals surface area contributed by atoms with Crippen LogP contribution in [0.15, 0.2) is 6.07 Å². The van der Waals surface area contributed by atoms with Crippen LogP contribution in [-0.4, -0.2) is 16.1 Å². The predicted octanol–water partition coefficient (Wildman–Crippen LogP) is 2.19. The van der Waals surface area contributed by atoms with E-state index < -0.39 is 6.09 Å². The van der Waals surface area contributed by atoms with Gasteiger partial charge in [-0.3, -0.25) is 0 Å². The van der Waals surface area contributed by atoms with Gasteiger partial charge in [0.2, 0.25) is 0 Å². The van der Waals surface area contributed by atoms with Gasteiger partial charge >= 0.3 is 0 Å². The highest BCUT2D eigenvalue weighted by Crippen LogP contribution is 2.42. The second-order valence-corrected chi connectivity index (χ2v) is 5.70. The van der Waals surface area contributed by atoms with E-state index in [1.807, 2.05) is 19.9 Å². The van der Waals surface area contributed by atoms with Crippen molar-refractivity contribution < 1.29 is 14.6 Å². The normalized spacial score (nSPS) is 21.3. The minimum atomic E-state index is -1.28. The van der Waals surface area contributed by atoms with Gasteiger partial charge in [0.1, 0.15) is 17.4 Å². The van der Waals surface area contributed by atoms with Crippen molar-refractivity contribution in [2.75, 3.05) is 9.74 Å². The van der Waals surface area contributed by atoms with Crippen LogP contribution in [0.4, 0.5) is 10.5 Å². The minimum absolute atomic E-state index is 0.194. The van der Waals surface area contributed by atoms with E-state index in [2.05, 4.69) is 34.8 Å². The molecule has 0 aromatic heterocycles. The Hall–Kier alpha value is -0.980. The van der Waals surface area contributed by atoms with Crippen LogP contribution >= 0.6 is 22.6 Å². The molecule has 0 bridgehead atoms. The van der Waals surface area contributed by atoms with Crippen LogP contribution in [0.1, 0.15) is 23.6 Å². The number of ether oxygens (including phenoxy) is 1. The molecular weight excluding hydrogens is 345 g/mol. The summed E-state index contributed by atoms with van der Waals surface area (Å²) in [6, 6.07) is 1.85. The lowest BCUT2D eigenvalue weighted by Gasteiger charge is -2.21. The van der Waals surface area contributed by atoms with Crippen LogP contribution in [0.2, 0.25) is 0 Å². The molecule has 4 nitrogen and oxygen atoms in total. The number of benzene rings is 1. The van der Waals surface area contributed by atoms with E-state index >= 15 is 0 Å². The Morgan fingerprint density at radius 2 is 2.22 bits per heavy atom. The van der Waals surface area contributed by atoms with E-state index in [0.29, 0.717) is 5.69 Å². The van der Waals surface area contributed by atoms with Crippen LogP contribution in [0.5, 0.6) is 5.75 Å². The number of hydrogen-bond donors (Lipinski definition) is 1. The maximum atomic E-state index is 10.7. The van der Waals surface area contributed by atoms with Gasteiger partial charge in [0.25, 0.3) is 0 Å². The van der Waals surface area contributed by atoms with Gasteiger partial charge in [0, 0.05) is 22.1 Å². The van der Waals surface area contributed by atoms with E-state index in [-0.39, 0.29) is 5.60 Å². The first-order chi connectivity index (χ1) is 8.36. The Balaban J connectivity index is 2.46. The molecule has 0 saturated carbocycles. The smallest absolute Gasteiger partial charge is 0.138 e. The number of alkyl halides is 1. The lowest BCUT2D eigenvalue weighted by molar-refractivity contribution is -0.242. The number of amides is 1. The molecule has 0 spiro atoms. The highest BCUT2D eigenvalue weighted by molar-refractivity contribution is 14.1. The maximum absolute atomic E-state index is 10.7. The number of hydrogen-bond acceptors (Lipinski definition) is 3.